The molecule has 2 heteroatoms. The second-order valence-electron chi connectivity index (χ2n) is 7.53. The first-order valence-electron chi connectivity index (χ1n) is 9.25. The number of hydrogen-bond donors (Lipinski definition) is 0. The minimum atomic E-state index is 0.401. The Morgan fingerprint density at radius 2 is 1.91 bits per heavy atom. The van der Waals surface area contributed by atoms with Crippen LogP contribution in [-0.4, -0.2) is 6.79 Å². The fraction of sp³-hybridized carbons (Fsp3) is 0.700. The van der Waals surface area contributed by atoms with Crippen molar-refractivity contribution < 1.29 is 9.47 Å². The van der Waals surface area contributed by atoms with Crippen LogP contribution in [0, 0.1) is 17.8 Å². The molecule has 2 aliphatic carbocycles. The summed E-state index contributed by atoms with van der Waals surface area (Å²) in [4.78, 5) is 0. The monoisotopic (exact) mass is 300 g/mol. The third-order valence-electron chi connectivity index (χ3n) is 6.18. The molecular formula is C20H28O2. The number of hydrogen-bond acceptors (Lipinski definition) is 2. The summed E-state index contributed by atoms with van der Waals surface area (Å²) in [6, 6.07) is 4.41. The van der Waals surface area contributed by atoms with Gasteiger partial charge in [-0.05, 0) is 55.1 Å². The van der Waals surface area contributed by atoms with Gasteiger partial charge >= 0.3 is 0 Å². The molecular weight excluding hydrogens is 272 g/mol. The molecule has 0 aromatic heterocycles. The van der Waals surface area contributed by atoms with E-state index in [1.165, 1.54) is 68.9 Å². The van der Waals surface area contributed by atoms with Gasteiger partial charge in [0.2, 0.25) is 6.79 Å². The second kappa shape index (κ2) is 6.14. The second-order valence-corrected chi connectivity index (χ2v) is 7.53. The van der Waals surface area contributed by atoms with Crippen LogP contribution >= 0.6 is 0 Å². The summed E-state index contributed by atoms with van der Waals surface area (Å²) < 4.78 is 11.3. The maximum absolute atomic E-state index is 5.76. The summed E-state index contributed by atoms with van der Waals surface area (Å²) in [6.07, 6.45) is 12.4. The molecule has 2 nitrogen and oxygen atoms in total. The SMILES string of the molecule is CCCC1CCC[C@@H]2Cc3c(ccc4c3OCO4)C[C@H]2CC1. The standard InChI is InChI=1S/C20H28O2/c1-2-4-14-5-3-6-15-12-18-17(11-16(15)8-7-14)9-10-19-20(18)22-13-21-19/h9-10,14-16H,2-8,11-13H2,1H3/t14?,15-,16-/m1/s1. The summed E-state index contributed by atoms with van der Waals surface area (Å²) in [5, 5.41) is 0. The van der Waals surface area contributed by atoms with E-state index in [2.05, 4.69) is 19.1 Å². The minimum absolute atomic E-state index is 0.401. The van der Waals surface area contributed by atoms with Gasteiger partial charge in [-0.15, -0.1) is 0 Å². The Balaban J connectivity index is 1.54. The maximum Gasteiger partial charge on any atom is 0.231 e. The van der Waals surface area contributed by atoms with E-state index < -0.39 is 0 Å². The fourth-order valence-electron chi connectivity index (χ4n) is 5.00. The van der Waals surface area contributed by atoms with Crippen LogP contribution in [0.2, 0.25) is 0 Å². The van der Waals surface area contributed by atoms with Crippen molar-refractivity contribution in [2.75, 3.05) is 6.79 Å². The predicted octanol–water partition coefficient (Wildman–Crippen LogP) is 5.13. The molecule has 22 heavy (non-hydrogen) atoms. The molecule has 1 aromatic rings. The van der Waals surface area contributed by atoms with Gasteiger partial charge in [0, 0.05) is 5.56 Å². The molecule has 3 atom stereocenters. The smallest absolute Gasteiger partial charge is 0.231 e. The molecule has 3 aliphatic rings. The molecule has 1 aromatic carbocycles. The van der Waals surface area contributed by atoms with E-state index in [1.807, 2.05) is 0 Å². The molecule has 0 spiro atoms. The average molecular weight is 300 g/mol. The molecule has 1 saturated carbocycles. The number of benzene rings is 1. The summed E-state index contributed by atoms with van der Waals surface area (Å²) in [5.41, 5.74) is 2.99. The number of ether oxygens (including phenoxy) is 2. The molecule has 0 saturated heterocycles. The highest BCUT2D eigenvalue weighted by atomic mass is 16.7. The van der Waals surface area contributed by atoms with Gasteiger partial charge in [-0.1, -0.05) is 45.1 Å². The van der Waals surface area contributed by atoms with E-state index in [4.69, 9.17) is 9.47 Å². The van der Waals surface area contributed by atoms with Crippen LogP contribution in [0.15, 0.2) is 12.1 Å². The molecule has 1 heterocycles. The highest BCUT2D eigenvalue weighted by Gasteiger charge is 2.33. The zero-order valence-corrected chi connectivity index (χ0v) is 13.8. The lowest BCUT2D eigenvalue weighted by molar-refractivity contribution is 0.170. The van der Waals surface area contributed by atoms with Crippen LogP contribution < -0.4 is 9.47 Å². The molecule has 0 amide bonds. The lowest BCUT2D eigenvalue weighted by atomic mass is 9.69. The van der Waals surface area contributed by atoms with E-state index in [-0.39, 0.29) is 0 Å². The van der Waals surface area contributed by atoms with Crippen molar-refractivity contribution in [1.82, 2.24) is 0 Å². The van der Waals surface area contributed by atoms with Crippen molar-refractivity contribution in [1.29, 1.82) is 0 Å². The molecule has 120 valence electrons. The van der Waals surface area contributed by atoms with E-state index in [0.29, 0.717) is 6.79 Å². The van der Waals surface area contributed by atoms with Crippen molar-refractivity contribution in [2.45, 2.75) is 64.7 Å². The van der Waals surface area contributed by atoms with E-state index >= 15 is 0 Å². The first kappa shape index (κ1) is 14.4. The van der Waals surface area contributed by atoms with Crippen LogP contribution in [0.3, 0.4) is 0 Å². The van der Waals surface area contributed by atoms with Crippen molar-refractivity contribution >= 4 is 0 Å². The first-order chi connectivity index (χ1) is 10.8. The van der Waals surface area contributed by atoms with Gasteiger partial charge in [0.15, 0.2) is 11.5 Å². The Morgan fingerprint density at radius 3 is 2.82 bits per heavy atom. The Morgan fingerprint density at radius 1 is 1.00 bits per heavy atom. The van der Waals surface area contributed by atoms with Crippen molar-refractivity contribution in [3.05, 3.63) is 23.3 Å². The molecule has 1 fully saturated rings. The third kappa shape index (κ3) is 2.61. The van der Waals surface area contributed by atoms with Crippen LogP contribution in [0.1, 0.15) is 63.0 Å². The average Bonchev–Trinajstić information content (AvgIpc) is 2.99. The third-order valence-corrected chi connectivity index (χ3v) is 6.18. The molecule has 0 bridgehead atoms. The molecule has 4 rings (SSSR count). The Labute approximate surface area is 134 Å². The Hall–Kier alpha value is -1.18. The topological polar surface area (TPSA) is 18.5 Å². The lowest BCUT2D eigenvalue weighted by Gasteiger charge is -2.36. The van der Waals surface area contributed by atoms with Gasteiger partial charge in [0.25, 0.3) is 0 Å². The summed E-state index contributed by atoms with van der Waals surface area (Å²) >= 11 is 0. The zero-order valence-electron chi connectivity index (χ0n) is 13.8. The van der Waals surface area contributed by atoms with Gasteiger partial charge in [-0.25, -0.2) is 0 Å². The van der Waals surface area contributed by atoms with Gasteiger partial charge in [0.05, 0.1) is 0 Å². The lowest BCUT2D eigenvalue weighted by Crippen LogP contribution is -2.28. The largest absolute Gasteiger partial charge is 0.454 e. The van der Waals surface area contributed by atoms with E-state index in [9.17, 15) is 0 Å². The minimum Gasteiger partial charge on any atom is -0.454 e. The molecule has 0 N–H and O–H groups in total. The summed E-state index contributed by atoms with van der Waals surface area (Å²) in [7, 11) is 0. The summed E-state index contributed by atoms with van der Waals surface area (Å²) in [5.74, 6) is 4.77. The van der Waals surface area contributed by atoms with E-state index in [0.717, 1.165) is 29.3 Å². The fourth-order valence-corrected chi connectivity index (χ4v) is 5.00. The Bertz CT molecular complexity index is 537. The molecule has 1 unspecified atom stereocenters. The van der Waals surface area contributed by atoms with Gasteiger partial charge in [-0.3, -0.25) is 0 Å². The maximum atomic E-state index is 5.76. The predicted molar refractivity (Wildman–Crippen MR) is 88.4 cm³/mol. The zero-order chi connectivity index (χ0) is 14.9. The highest BCUT2D eigenvalue weighted by Crippen LogP contribution is 2.46. The molecule has 0 radical (unpaired) electrons. The van der Waals surface area contributed by atoms with Crippen molar-refractivity contribution in [3.63, 3.8) is 0 Å². The number of fused-ring (bicyclic) bond motifs is 4. The normalized spacial score (nSPS) is 30.1. The van der Waals surface area contributed by atoms with Gasteiger partial charge in [0.1, 0.15) is 0 Å². The summed E-state index contributed by atoms with van der Waals surface area (Å²) in [6.45, 7) is 2.74. The molecule has 1 aliphatic heterocycles. The van der Waals surface area contributed by atoms with E-state index in [1.54, 1.807) is 0 Å². The van der Waals surface area contributed by atoms with Crippen LogP contribution in [0.5, 0.6) is 11.5 Å². The van der Waals surface area contributed by atoms with Crippen LogP contribution in [0.25, 0.3) is 0 Å². The van der Waals surface area contributed by atoms with Crippen LogP contribution in [-0.2, 0) is 12.8 Å². The quantitative estimate of drug-likeness (QED) is 0.754. The first-order valence-corrected chi connectivity index (χ1v) is 9.25. The highest BCUT2D eigenvalue weighted by molar-refractivity contribution is 5.53. The van der Waals surface area contributed by atoms with Gasteiger partial charge in [-0.2, -0.15) is 0 Å². The van der Waals surface area contributed by atoms with Crippen molar-refractivity contribution in [2.24, 2.45) is 17.8 Å². The van der Waals surface area contributed by atoms with Crippen LogP contribution in [0.4, 0.5) is 0 Å². The van der Waals surface area contributed by atoms with Crippen molar-refractivity contribution in [3.8, 4) is 11.5 Å². The number of rotatable bonds is 2. The van der Waals surface area contributed by atoms with Gasteiger partial charge < -0.3 is 9.47 Å². The Kier molecular flexibility index (Phi) is 4.02.